The lowest BCUT2D eigenvalue weighted by Gasteiger charge is -2.12. The van der Waals surface area contributed by atoms with Crippen molar-refractivity contribution in [2.45, 2.75) is 30.0 Å². The number of nitrogens with zero attached hydrogens (tertiary/aromatic N) is 1. The van der Waals surface area contributed by atoms with Crippen LogP contribution >= 0.6 is 21.6 Å². The van der Waals surface area contributed by atoms with Gasteiger partial charge in [0.25, 0.3) is 0 Å². The number of methoxy groups -OCH3 is 1. The Balaban J connectivity index is 2.33. The smallest absolute Gasteiger partial charge is 0.106 e. The fourth-order valence-electron chi connectivity index (χ4n) is 1.18. The first-order valence-corrected chi connectivity index (χ1v) is 7.31. The molecule has 0 aliphatic rings. The lowest BCUT2D eigenvalue weighted by molar-refractivity contribution is 0.197. The van der Waals surface area contributed by atoms with Crippen LogP contribution in [0.4, 0.5) is 0 Å². The SMILES string of the molecule is CCCC(COC)SSc1ccccn1. The maximum atomic E-state index is 5.19. The van der Waals surface area contributed by atoms with Gasteiger partial charge in [0, 0.05) is 18.6 Å². The Labute approximate surface area is 99.6 Å². The Morgan fingerprint density at radius 2 is 2.33 bits per heavy atom. The molecule has 0 aliphatic heterocycles. The van der Waals surface area contributed by atoms with Gasteiger partial charge in [-0.25, -0.2) is 4.98 Å². The second-order valence-corrected chi connectivity index (χ2v) is 5.73. The quantitative estimate of drug-likeness (QED) is 0.682. The molecule has 4 heteroatoms. The van der Waals surface area contributed by atoms with Gasteiger partial charge in [0.1, 0.15) is 5.03 Å². The minimum atomic E-state index is 0.562. The summed E-state index contributed by atoms with van der Waals surface area (Å²) in [6.07, 6.45) is 4.22. The molecule has 0 spiro atoms. The minimum absolute atomic E-state index is 0.562. The van der Waals surface area contributed by atoms with Crippen LogP contribution < -0.4 is 0 Å². The lowest BCUT2D eigenvalue weighted by atomic mass is 10.2. The zero-order valence-corrected chi connectivity index (χ0v) is 10.8. The molecule has 0 saturated heterocycles. The molecule has 2 nitrogen and oxygen atoms in total. The van der Waals surface area contributed by atoms with Crippen molar-refractivity contribution in [1.82, 2.24) is 4.98 Å². The van der Waals surface area contributed by atoms with Gasteiger partial charge in [0.05, 0.1) is 6.61 Å². The highest BCUT2D eigenvalue weighted by atomic mass is 33.1. The van der Waals surface area contributed by atoms with Crippen molar-refractivity contribution in [2.24, 2.45) is 0 Å². The van der Waals surface area contributed by atoms with Crippen LogP contribution in [-0.4, -0.2) is 24.0 Å². The van der Waals surface area contributed by atoms with Crippen molar-refractivity contribution in [1.29, 1.82) is 0 Å². The highest BCUT2D eigenvalue weighted by molar-refractivity contribution is 8.76. The number of rotatable bonds is 7. The van der Waals surface area contributed by atoms with Gasteiger partial charge in [-0.1, -0.05) is 30.2 Å². The molecule has 84 valence electrons. The van der Waals surface area contributed by atoms with Crippen molar-refractivity contribution in [3.63, 3.8) is 0 Å². The molecule has 15 heavy (non-hydrogen) atoms. The average Bonchev–Trinajstić information content (AvgIpc) is 2.28. The predicted molar refractivity (Wildman–Crippen MR) is 68.3 cm³/mol. The summed E-state index contributed by atoms with van der Waals surface area (Å²) >= 11 is 0. The topological polar surface area (TPSA) is 22.1 Å². The summed E-state index contributed by atoms with van der Waals surface area (Å²) in [5.41, 5.74) is 0. The number of pyridine rings is 1. The van der Waals surface area contributed by atoms with E-state index in [1.54, 1.807) is 17.9 Å². The predicted octanol–water partition coefficient (Wildman–Crippen LogP) is 3.64. The highest BCUT2D eigenvalue weighted by Crippen LogP contribution is 2.34. The van der Waals surface area contributed by atoms with E-state index in [1.165, 1.54) is 12.8 Å². The van der Waals surface area contributed by atoms with E-state index in [-0.39, 0.29) is 0 Å². The molecule has 1 aromatic heterocycles. The molecule has 1 atom stereocenters. The summed E-state index contributed by atoms with van der Waals surface area (Å²) in [5.74, 6) is 0. The summed E-state index contributed by atoms with van der Waals surface area (Å²) in [6, 6.07) is 5.99. The monoisotopic (exact) mass is 243 g/mol. The van der Waals surface area contributed by atoms with Gasteiger partial charge in [-0.05, 0) is 29.3 Å². The molecular formula is C11H17NOS2. The van der Waals surface area contributed by atoms with Crippen LogP contribution in [-0.2, 0) is 4.74 Å². The Hall–Kier alpha value is -0.190. The molecule has 0 N–H and O–H groups in total. The van der Waals surface area contributed by atoms with Gasteiger partial charge in [-0.15, -0.1) is 0 Å². The molecule has 0 aromatic carbocycles. The van der Waals surface area contributed by atoms with E-state index in [4.69, 9.17) is 4.74 Å². The zero-order chi connectivity index (χ0) is 10.9. The molecule has 0 saturated carbocycles. The summed E-state index contributed by atoms with van der Waals surface area (Å²) in [7, 11) is 5.35. The first kappa shape index (κ1) is 12.9. The number of ether oxygens (including phenoxy) is 1. The number of hydrogen-bond acceptors (Lipinski definition) is 4. The van der Waals surface area contributed by atoms with Crippen molar-refractivity contribution < 1.29 is 4.74 Å². The van der Waals surface area contributed by atoms with Crippen molar-refractivity contribution >= 4 is 21.6 Å². The molecule has 0 aliphatic carbocycles. The van der Waals surface area contributed by atoms with E-state index >= 15 is 0 Å². The molecule has 0 fully saturated rings. The second kappa shape index (κ2) is 8.02. The Morgan fingerprint density at radius 1 is 1.47 bits per heavy atom. The molecular weight excluding hydrogens is 226 g/mol. The van der Waals surface area contributed by atoms with E-state index in [0.29, 0.717) is 5.25 Å². The van der Waals surface area contributed by atoms with Crippen LogP contribution in [0.5, 0.6) is 0 Å². The Bertz CT molecular complexity index is 250. The van der Waals surface area contributed by atoms with Crippen molar-refractivity contribution in [2.75, 3.05) is 13.7 Å². The Morgan fingerprint density at radius 3 is 2.93 bits per heavy atom. The summed E-state index contributed by atoms with van der Waals surface area (Å²) in [5, 5.41) is 1.63. The number of aromatic nitrogens is 1. The van der Waals surface area contributed by atoms with Crippen LogP contribution in [0.3, 0.4) is 0 Å². The third-order valence-electron chi connectivity index (χ3n) is 1.87. The van der Waals surface area contributed by atoms with E-state index in [9.17, 15) is 0 Å². The lowest BCUT2D eigenvalue weighted by Crippen LogP contribution is -2.08. The first-order valence-electron chi connectivity index (χ1n) is 5.10. The van der Waals surface area contributed by atoms with E-state index in [0.717, 1.165) is 11.6 Å². The minimum Gasteiger partial charge on any atom is -0.384 e. The summed E-state index contributed by atoms with van der Waals surface area (Å²) < 4.78 is 5.19. The van der Waals surface area contributed by atoms with Crippen LogP contribution in [0.25, 0.3) is 0 Å². The maximum Gasteiger partial charge on any atom is 0.106 e. The van der Waals surface area contributed by atoms with Gasteiger partial charge in [-0.2, -0.15) is 0 Å². The molecule has 0 radical (unpaired) electrons. The van der Waals surface area contributed by atoms with Crippen molar-refractivity contribution in [3.8, 4) is 0 Å². The molecule has 1 unspecified atom stereocenters. The summed E-state index contributed by atoms with van der Waals surface area (Å²) in [4.78, 5) is 4.27. The van der Waals surface area contributed by atoms with Crippen LogP contribution in [0.15, 0.2) is 29.4 Å². The third-order valence-corrected chi connectivity index (χ3v) is 4.64. The van der Waals surface area contributed by atoms with E-state index in [1.807, 2.05) is 35.2 Å². The van der Waals surface area contributed by atoms with Gasteiger partial charge in [0.15, 0.2) is 0 Å². The highest BCUT2D eigenvalue weighted by Gasteiger charge is 2.09. The molecule has 1 heterocycles. The molecule has 0 amide bonds. The summed E-state index contributed by atoms with van der Waals surface area (Å²) in [6.45, 7) is 3.02. The third kappa shape index (κ3) is 5.44. The van der Waals surface area contributed by atoms with Gasteiger partial charge in [0.2, 0.25) is 0 Å². The zero-order valence-electron chi connectivity index (χ0n) is 9.18. The fourth-order valence-corrected chi connectivity index (χ4v) is 3.63. The second-order valence-electron chi connectivity index (χ2n) is 3.21. The van der Waals surface area contributed by atoms with Gasteiger partial charge < -0.3 is 4.74 Å². The van der Waals surface area contributed by atoms with E-state index in [2.05, 4.69) is 11.9 Å². The average molecular weight is 243 g/mol. The normalized spacial score (nSPS) is 12.7. The standard InChI is InChI=1S/C11H17NOS2/c1-3-6-10(9-13-2)14-15-11-7-4-5-8-12-11/h4-5,7-8,10H,3,6,9H2,1-2H3. The van der Waals surface area contributed by atoms with Gasteiger partial charge in [-0.3, -0.25) is 0 Å². The molecule has 0 bridgehead atoms. The molecule has 1 rings (SSSR count). The molecule has 1 aromatic rings. The van der Waals surface area contributed by atoms with Crippen LogP contribution in [0, 0.1) is 0 Å². The van der Waals surface area contributed by atoms with Crippen LogP contribution in [0.1, 0.15) is 19.8 Å². The maximum absolute atomic E-state index is 5.19. The number of hydrogen-bond donors (Lipinski definition) is 0. The van der Waals surface area contributed by atoms with Crippen molar-refractivity contribution in [3.05, 3.63) is 24.4 Å². The largest absolute Gasteiger partial charge is 0.384 e. The first-order chi connectivity index (χ1) is 7.36. The van der Waals surface area contributed by atoms with Gasteiger partial charge >= 0.3 is 0 Å². The fraction of sp³-hybridized carbons (Fsp3) is 0.545. The van der Waals surface area contributed by atoms with Crippen LogP contribution in [0.2, 0.25) is 0 Å². The Kier molecular flexibility index (Phi) is 6.88. The van der Waals surface area contributed by atoms with E-state index < -0.39 is 0 Å².